The highest BCUT2D eigenvalue weighted by Gasteiger charge is 2.39. The summed E-state index contributed by atoms with van der Waals surface area (Å²) in [6, 6.07) is 7.73. The zero-order chi connectivity index (χ0) is 19.1. The van der Waals surface area contributed by atoms with Gasteiger partial charge in [0.25, 0.3) is 17.4 Å². The maximum atomic E-state index is 12.5. The molecule has 0 fully saturated rings. The highest BCUT2D eigenvalue weighted by atomic mass is 16.7. The maximum Gasteiger partial charge on any atom is 0.369 e. The van der Waals surface area contributed by atoms with E-state index in [1.54, 1.807) is 12.1 Å². The number of hydroxylamine groups is 2. The van der Waals surface area contributed by atoms with Gasteiger partial charge < -0.3 is 9.82 Å². The summed E-state index contributed by atoms with van der Waals surface area (Å²) >= 11 is 0. The monoisotopic (exact) mass is 366 g/mol. The molecule has 1 atom stereocenters. The number of benzene rings is 1. The van der Waals surface area contributed by atoms with Crippen LogP contribution in [0.1, 0.15) is 62.1 Å². The molecule has 1 aromatic heterocycles. The second kappa shape index (κ2) is 6.50. The van der Waals surface area contributed by atoms with Gasteiger partial charge in [0.05, 0.1) is 11.1 Å². The van der Waals surface area contributed by atoms with Crippen LogP contribution in [0.3, 0.4) is 0 Å². The Bertz CT molecular complexity index is 988. The Balaban J connectivity index is 1.60. The van der Waals surface area contributed by atoms with E-state index in [4.69, 9.17) is 4.84 Å². The smallest absolute Gasteiger partial charge is 0.325 e. The molecule has 0 spiro atoms. The molecule has 1 N–H and O–H groups in total. The lowest BCUT2D eigenvalue weighted by molar-refractivity contribution is -0.0585. The lowest BCUT2D eigenvalue weighted by Crippen LogP contribution is -2.35. The van der Waals surface area contributed by atoms with Crippen LogP contribution >= 0.6 is 0 Å². The van der Waals surface area contributed by atoms with E-state index < -0.39 is 23.3 Å². The molecule has 0 bridgehead atoms. The lowest BCUT2D eigenvalue weighted by atomic mass is 9.84. The minimum absolute atomic E-state index is 0.167. The second-order valence-corrected chi connectivity index (χ2v) is 6.86. The minimum atomic E-state index is -1.02. The van der Waals surface area contributed by atoms with Crippen molar-refractivity contribution >= 4 is 17.8 Å². The highest BCUT2D eigenvalue weighted by Crippen LogP contribution is 2.27. The van der Waals surface area contributed by atoms with E-state index in [2.05, 4.69) is 11.9 Å². The van der Waals surface area contributed by atoms with Gasteiger partial charge in [-0.2, -0.15) is 0 Å². The number of carbonyl (C=O) groups excluding carboxylic acids is 3. The van der Waals surface area contributed by atoms with Crippen molar-refractivity contribution in [1.82, 2.24) is 10.0 Å². The van der Waals surface area contributed by atoms with E-state index in [9.17, 15) is 19.2 Å². The van der Waals surface area contributed by atoms with Gasteiger partial charge in [0.2, 0.25) is 0 Å². The van der Waals surface area contributed by atoms with Crippen molar-refractivity contribution in [2.75, 3.05) is 0 Å². The third-order valence-electron chi connectivity index (χ3n) is 5.25. The predicted octanol–water partition coefficient (Wildman–Crippen LogP) is 2.26. The SMILES string of the molecule is CCC1CCc2[nH]c(=O)c(C(=O)ON3C(=O)c4ccccc4C3=O)cc2C1. The molecule has 2 heterocycles. The van der Waals surface area contributed by atoms with E-state index >= 15 is 0 Å². The Morgan fingerprint density at radius 3 is 2.48 bits per heavy atom. The van der Waals surface area contributed by atoms with Gasteiger partial charge in [-0.25, -0.2) is 4.79 Å². The number of hydrogen-bond donors (Lipinski definition) is 1. The van der Waals surface area contributed by atoms with E-state index in [0.29, 0.717) is 11.0 Å². The molecular weight excluding hydrogens is 348 g/mol. The molecule has 2 amide bonds. The molecule has 1 aromatic carbocycles. The number of aromatic nitrogens is 1. The van der Waals surface area contributed by atoms with Gasteiger partial charge >= 0.3 is 5.97 Å². The molecule has 7 heteroatoms. The number of fused-ring (bicyclic) bond motifs is 2. The fourth-order valence-electron chi connectivity index (χ4n) is 3.66. The molecule has 0 radical (unpaired) electrons. The zero-order valence-corrected chi connectivity index (χ0v) is 14.8. The lowest BCUT2D eigenvalue weighted by Gasteiger charge is -2.23. The number of nitrogens with one attached hydrogen (secondary N) is 1. The van der Waals surface area contributed by atoms with Crippen LogP contribution in [-0.4, -0.2) is 27.8 Å². The third kappa shape index (κ3) is 2.85. The average Bonchev–Trinajstić information content (AvgIpc) is 2.92. The zero-order valence-electron chi connectivity index (χ0n) is 14.8. The van der Waals surface area contributed by atoms with Gasteiger partial charge in [0.1, 0.15) is 5.56 Å². The fourth-order valence-corrected chi connectivity index (χ4v) is 3.66. The molecule has 2 aromatic rings. The van der Waals surface area contributed by atoms with Gasteiger partial charge in [0, 0.05) is 5.69 Å². The van der Waals surface area contributed by atoms with Crippen molar-refractivity contribution < 1.29 is 19.2 Å². The first kappa shape index (κ1) is 17.2. The third-order valence-corrected chi connectivity index (χ3v) is 5.25. The van der Waals surface area contributed by atoms with Gasteiger partial charge in [-0.1, -0.05) is 30.5 Å². The number of rotatable bonds is 3. The van der Waals surface area contributed by atoms with Crippen molar-refractivity contribution in [1.29, 1.82) is 0 Å². The summed E-state index contributed by atoms with van der Waals surface area (Å²) in [5, 5.41) is 0.417. The van der Waals surface area contributed by atoms with Crippen LogP contribution in [0.15, 0.2) is 35.1 Å². The van der Waals surface area contributed by atoms with Crippen LogP contribution < -0.4 is 5.56 Å². The molecule has 27 heavy (non-hydrogen) atoms. The summed E-state index contributed by atoms with van der Waals surface area (Å²) in [4.78, 5) is 57.2. The van der Waals surface area contributed by atoms with Crippen LogP contribution in [0.5, 0.6) is 0 Å². The maximum absolute atomic E-state index is 12.5. The number of aryl methyl sites for hydroxylation is 1. The van der Waals surface area contributed by atoms with Crippen LogP contribution in [0, 0.1) is 5.92 Å². The largest absolute Gasteiger partial charge is 0.369 e. The number of carbonyl (C=O) groups is 3. The molecule has 0 saturated heterocycles. The highest BCUT2D eigenvalue weighted by molar-refractivity contribution is 6.21. The van der Waals surface area contributed by atoms with E-state index in [-0.39, 0.29) is 16.7 Å². The fraction of sp³-hybridized carbons (Fsp3) is 0.300. The summed E-state index contributed by atoms with van der Waals surface area (Å²) in [5.74, 6) is -1.95. The first-order chi connectivity index (χ1) is 13.0. The summed E-state index contributed by atoms with van der Waals surface area (Å²) in [6.45, 7) is 2.11. The van der Waals surface area contributed by atoms with Crippen molar-refractivity contribution in [2.24, 2.45) is 5.92 Å². The Kier molecular flexibility index (Phi) is 4.14. The number of H-pyrrole nitrogens is 1. The van der Waals surface area contributed by atoms with Crippen LogP contribution in [-0.2, 0) is 17.7 Å². The Morgan fingerprint density at radius 2 is 1.85 bits per heavy atom. The first-order valence-electron chi connectivity index (χ1n) is 8.94. The molecule has 2 aliphatic rings. The molecule has 138 valence electrons. The molecule has 0 saturated carbocycles. The normalized spacial score (nSPS) is 18.3. The van der Waals surface area contributed by atoms with E-state index in [1.165, 1.54) is 18.2 Å². The number of nitrogens with zero attached hydrogens (tertiary/aromatic N) is 1. The van der Waals surface area contributed by atoms with Crippen molar-refractivity contribution in [2.45, 2.75) is 32.6 Å². The van der Waals surface area contributed by atoms with Gasteiger partial charge in [-0.05, 0) is 48.9 Å². The number of hydrogen-bond acceptors (Lipinski definition) is 5. The standard InChI is InChI=1S/C20H18N2O5/c1-2-11-7-8-16-12(9-11)10-15(17(23)21-16)20(26)27-22-18(24)13-5-3-4-6-14(13)19(22)25/h3-6,10-11H,2,7-9H2,1H3,(H,21,23). The van der Waals surface area contributed by atoms with Gasteiger partial charge in [0.15, 0.2) is 0 Å². The molecule has 1 aliphatic heterocycles. The van der Waals surface area contributed by atoms with Crippen LogP contribution in [0.4, 0.5) is 0 Å². The van der Waals surface area contributed by atoms with Crippen molar-refractivity contribution in [3.05, 3.63) is 68.6 Å². The van der Waals surface area contributed by atoms with E-state index in [1.807, 2.05) is 0 Å². The number of pyridine rings is 1. The Morgan fingerprint density at radius 1 is 1.19 bits per heavy atom. The molecule has 4 rings (SSSR count). The Hall–Kier alpha value is -3.22. The van der Waals surface area contributed by atoms with E-state index in [0.717, 1.165) is 36.9 Å². The number of amides is 2. The minimum Gasteiger partial charge on any atom is -0.325 e. The summed E-state index contributed by atoms with van der Waals surface area (Å²) in [5.41, 5.74) is 1.29. The van der Waals surface area contributed by atoms with Crippen LogP contribution in [0.2, 0.25) is 0 Å². The van der Waals surface area contributed by atoms with Crippen LogP contribution in [0.25, 0.3) is 0 Å². The Labute approximate surface area is 154 Å². The summed E-state index contributed by atoms with van der Waals surface area (Å²) in [7, 11) is 0. The number of imide groups is 1. The van der Waals surface area contributed by atoms with Crippen molar-refractivity contribution in [3.63, 3.8) is 0 Å². The quantitative estimate of drug-likeness (QED) is 0.841. The molecule has 1 aliphatic carbocycles. The predicted molar refractivity (Wildman–Crippen MR) is 95.2 cm³/mol. The van der Waals surface area contributed by atoms with Crippen molar-refractivity contribution in [3.8, 4) is 0 Å². The number of aromatic amines is 1. The van der Waals surface area contributed by atoms with Gasteiger partial charge in [-0.3, -0.25) is 14.4 Å². The summed E-state index contributed by atoms with van der Waals surface area (Å²) < 4.78 is 0. The molecule has 1 unspecified atom stereocenters. The van der Waals surface area contributed by atoms with Gasteiger partial charge in [-0.15, -0.1) is 0 Å². The molecule has 7 nitrogen and oxygen atoms in total. The second-order valence-electron chi connectivity index (χ2n) is 6.86. The topological polar surface area (TPSA) is 96.5 Å². The average molecular weight is 366 g/mol. The summed E-state index contributed by atoms with van der Waals surface area (Å²) in [6.07, 6.45) is 3.55. The molecular formula is C20H18N2O5. The first-order valence-corrected chi connectivity index (χ1v) is 8.94.